The van der Waals surface area contributed by atoms with Gasteiger partial charge in [-0.15, -0.1) is 11.3 Å². The Bertz CT molecular complexity index is 1260. The fourth-order valence-electron chi connectivity index (χ4n) is 3.81. The van der Waals surface area contributed by atoms with Gasteiger partial charge < -0.3 is 19.6 Å². The fraction of sp³-hybridized carbons (Fsp3) is 0.296. The van der Waals surface area contributed by atoms with E-state index in [-0.39, 0.29) is 6.04 Å². The van der Waals surface area contributed by atoms with Crippen LogP contribution in [0.15, 0.2) is 64.7 Å². The molecule has 182 valence electrons. The average Bonchev–Trinajstić information content (AvgIpc) is 3.52. The molecule has 0 aliphatic rings. The van der Waals surface area contributed by atoms with Crippen molar-refractivity contribution in [2.24, 2.45) is 0 Å². The fourth-order valence-corrected chi connectivity index (χ4v) is 4.53. The number of hydrogen-bond acceptors (Lipinski definition) is 7. The SMILES string of the molecule is Cc1cc(CNC(Cc2ncc(-c3ccccc3)o2)c2nccs2)cc(C)c1OC(C)(C)C(=O)O. The van der Waals surface area contributed by atoms with Gasteiger partial charge in [-0.1, -0.05) is 42.5 Å². The van der Waals surface area contributed by atoms with Crippen molar-refractivity contribution in [1.82, 2.24) is 15.3 Å². The number of ether oxygens (including phenoxy) is 1. The smallest absolute Gasteiger partial charge is 0.347 e. The summed E-state index contributed by atoms with van der Waals surface area (Å²) in [6.45, 7) is 7.56. The zero-order chi connectivity index (χ0) is 25.0. The van der Waals surface area contributed by atoms with Crippen LogP contribution in [0.25, 0.3) is 11.3 Å². The van der Waals surface area contributed by atoms with Gasteiger partial charge in [-0.3, -0.25) is 0 Å². The molecule has 2 heterocycles. The maximum Gasteiger partial charge on any atom is 0.347 e. The molecule has 0 aliphatic heterocycles. The monoisotopic (exact) mass is 491 g/mol. The summed E-state index contributed by atoms with van der Waals surface area (Å²) in [5.74, 6) is 0.981. The van der Waals surface area contributed by atoms with E-state index in [1.807, 2.05) is 61.7 Å². The molecule has 1 unspecified atom stereocenters. The maximum atomic E-state index is 11.5. The van der Waals surface area contributed by atoms with Gasteiger partial charge in [0.25, 0.3) is 0 Å². The molecule has 0 aliphatic carbocycles. The lowest BCUT2D eigenvalue weighted by Gasteiger charge is -2.25. The van der Waals surface area contributed by atoms with E-state index in [0.717, 1.165) is 33.0 Å². The summed E-state index contributed by atoms with van der Waals surface area (Å²) in [6, 6.07) is 13.9. The highest BCUT2D eigenvalue weighted by molar-refractivity contribution is 7.09. The first-order valence-corrected chi connectivity index (χ1v) is 12.3. The topological polar surface area (TPSA) is 97.5 Å². The van der Waals surface area contributed by atoms with Crippen molar-refractivity contribution in [2.75, 3.05) is 0 Å². The zero-order valence-corrected chi connectivity index (χ0v) is 21.1. The number of aliphatic carboxylic acids is 1. The van der Waals surface area contributed by atoms with E-state index in [1.54, 1.807) is 37.6 Å². The average molecular weight is 492 g/mol. The molecule has 2 aromatic heterocycles. The third-order valence-corrected chi connectivity index (χ3v) is 6.57. The van der Waals surface area contributed by atoms with Gasteiger partial charge in [-0.25, -0.2) is 14.8 Å². The van der Waals surface area contributed by atoms with E-state index in [2.05, 4.69) is 15.3 Å². The molecule has 0 radical (unpaired) electrons. The lowest BCUT2D eigenvalue weighted by molar-refractivity contribution is -0.152. The summed E-state index contributed by atoms with van der Waals surface area (Å²) in [5, 5.41) is 15.9. The van der Waals surface area contributed by atoms with Gasteiger partial charge >= 0.3 is 5.97 Å². The molecule has 7 nitrogen and oxygen atoms in total. The number of hydrogen-bond donors (Lipinski definition) is 2. The van der Waals surface area contributed by atoms with Crippen LogP contribution in [0, 0.1) is 13.8 Å². The highest BCUT2D eigenvalue weighted by Gasteiger charge is 2.30. The van der Waals surface area contributed by atoms with Crippen LogP contribution in [-0.4, -0.2) is 26.6 Å². The van der Waals surface area contributed by atoms with Crippen molar-refractivity contribution < 1.29 is 19.1 Å². The molecule has 4 aromatic rings. The Morgan fingerprint density at radius 3 is 2.51 bits per heavy atom. The van der Waals surface area contributed by atoms with E-state index in [9.17, 15) is 9.90 Å². The number of rotatable bonds is 10. The molecule has 0 spiro atoms. The maximum absolute atomic E-state index is 11.5. The molecule has 4 rings (SSSR count). The summed E-state index contributed by atoms with van der Waals surface area (Å²) >= 11 is 1.59. The van der Waals surface area contributed by atoms with Crippen molar-refractivity contribution in [3.05, 3.63) is 87.8 Å². The zero-order valence-electron chi connectivity index (χ0n) is 20.2. The Morgan fingerprint density at radius 2 is 1.89 bits per heavy atom. The number of thiazole rings is 1. The van der Waals surface area contributed by atoms with Crippen molar-refractivity contribution >= 4 is 17.3 Å². The van der Waals surface area contributed by atoms with E-state index < -0.39 is 11.6 Å². The van der Waals surface area contributed by atoms with Gasteiger partial charge in [0.1, 0.15) is 10.8 Å². The molecule has 1 atom stereocenters. The van der Waals surface area contributed by atoms with Crippen LogP contribution in [-0.2, 0) is 17.8 Å². The largest absolute Gasteiger partial charge is 0.478 e. The lowest BCUT2D eigenvalue weighted by Crippen LogP contribution is -2.38. The Kier molecular flexibility index (Phi) is 7.33. The molecule has 0 fully saturated rings. The second-order valence-electron chi connectivity index (χ2n) is 8.97. The molecule has 0 saturated carbocycles. The highest BCUT2D eigenvalue weighted by Crippen LogP contribution is 2.30. The van der Waals surface area contributed by atoms with Gasteiger partial charge in [-0.05, 0) is 44.4 Å². The van der Waals surface area contributed by atoms with Gasteiger partial charge in [0.05, 0.1) is 12.2 Å². The quantitative estimate of drug-likeness (QED) is 0.292. The number of aryl methyl sites for hydroxylation is 2. The predicted octanol–water partition coefficient (Wildman–Crippen LogP) is 5.73. The van der Waals surface area contributed by atoms with Crippen LogP contribution in [0.1, 0.15) is 47.5 Å². The minimum absolute atomic E-state index is 0.0697. The number of nitrogens with zero attached hydrogens (tertiary/aromatic N) is 2. The lowest BCUT2D eigenvalue weighted by atomic mass is 10.0. The Labute approximate surface area is 208 Å². The standard InChI is InChI=1S/C27H29N3O4S/c1-17-12-19(13-18(2)24(17)34-27(3,4)26(31)32)15-29-21(25-28-10-11-35-25)14-23-30-16-22(33-23)20-8-6-5-7-9-20/h5-13,16,21,29H,14-15H2,1-4H3,(H,31,32). The number of aromatic nitrogens is 2. The van der Waals surface area contributed by atoms with Crippen LogP contribution in [0.2, 0.25) is 0 Å². The summed E-state index contributed by atoms with van der Waals surface area (Å²) in [5.41, 5.74) is 2.54. The van der Waals surface area contributed by atoms with Crippen LogP contribution in [0.3, 0.4) is 0 Å². The molecule has 0 bridgehead atoms. The first kappa shape index (κ1) is 24.6. The van der Waals surface area contributed by atoms with Crippen molar-refractivity contribution in [1.29, 1.82) is 0 Å². The molecule has 2 N–H and O–H groups in total. The van der Waals surface area contributed by atoms with E-state index >= 15 is 0 Å². The van der Waals surface area contributed by atoms with E-state index in [1.165, 1.54) is 0 Å². The summed E-state index contributed by atoms with van der Waals surface area (Å²) in [6.07, 6.45) is 4.12. The summed E-state index contributed by atoms with van der Waals surface area (Å²) in [7, 11) is 0. The van der Waals surface area contributed by atoms with Crippen LogP contribution in [0.4, 0.5) is 0 Å². The van der Waals surface area contributed by atoms with E-state index in [4.69, 9.17) is 9.15 Å². The summed E-state index contributed by atoms with van der Waals surface area (Å²) < 4.78 is 11.9. The van der Waals surface area contributed by atoms with Crippen LogP contribution >= 0.6 is 11.3 Å². The second-order valence-corrected chi connectivity index (χ2v) is 9.89. The third-order valence-electron chi connectivity index (χ3n) is 5.69. The molecule has 0 saturated heterocycles. The molecule has 0 amide bonds. The first-order valence-electron chi connectivity index (χ1n) is 11.4. The Balaban J connectivity index is 1.49. The molecular weight excluding hydrogens is 462 g/mol. The van der Waals surface area contributed by atoms with Crippen LogP contribution < -0.4 is 10.1 Å². The van der Waals surface area contributed by atoms with Crippen molar-refractivity contribution in [3.63, 3.8) is 0 Å². The first-order chi connectivity index (χ1) is 16.7. The number of carboxylic acid groups (broad SMARTS) is 1. The molecule has 8 heteroatoms. The van der Waals surface area contributed by atoms with E-state index in [0.29, 0.717) is 24.6 Å². The highest BCUT2D eigenvalue weighted by atomic mass is 32.1. The minimum atomic E-state index is -1.31. The number of nitrogens with one attached hydrogen (secondary N) is 1. The van der Waals surface area contributed by atoms with Gasteiger partial charge in [0.15, 0.2) is 17.3 Å². The molecule has 2 aromatic carbocycles. The molecule has 35 heavy (non-hydrogen) atoms. The van der Waals surface area contributed by atoms with Crippen LogP contribution in [0.5, 0.6) is 5.75 Å². The van der Waals surface area contributed by atoms with Crippen molar-refractivity contribution in [3.8, 4) is 17.1 Å². The van der Waals surface area contributed by atoms with Gasteiger partial charge in [-0.2, -0.15) is 0 Å². The third kappa shape index (κ3) is 5.96. The number of carboxylic acids is 1. The van der Waals surface area contributed by atoms with Crippen molar-refractivity contribution in [2.45, 2.75) is 52.3 Å². The Morgan fingerprint density at radius 1 is 1.17 bits per heavy atom. The summed E-state index contributed by atoms with van der Waals surface area (Å²) in [4.78, 5) is 20.5. The molecular formula is C27H29N3O4S. The Hall–Kier alpha value is -3.49. The number of benzene rings is 2. The normalized spacial score (nSPS) is 12.5. The number of oxazole rings is 1. The minimum Gasteiger partial charge on any atom is -0.478 e. The number of carbonyl (C=O) groups is 1. The second kappa shape index (κ2) is 10.4. The van der Waals surface area contributed by atoms with Gasteiger partial charge in [0.2, 0.25) is 0 Å². The van der Waals surface area contributed by atoms with Gasteiger partial charge in [0, 0.05) is 30.1 Å². The predicted molar refractivity (Wildman–Crippen MR) is 136 cm³/mol.